The van der Waals surface area contributed by atoms with Crippen LogP contribution < -0.4 is 9.46 Å². The molecular weight excluding hydrogens is 272 g/mol. The lowest BCUT2D eigenvalue weighted by Crippen LogP contribution is -2.43. The van der Waals surface area contributed by atoms with Crippen LogP contribution in [0.5, 0.6) is 11.5 Å². The van der Waals surface area contributed by atoms with Crippen molar-refractivity contribution in [3.63, 3.8) is 0 Å². The number of hydrogen-bond acceptors (Lipinski definition) is 5. The Kier molecular flexibility index (Phi) is 4.13. The van der Waals surface area contributed by atoms with E-state index in [1.807, 2.05) is 0 Å². The summed E-state index contributed by atoms with van der Waals surface area (Å²) in [5, 5.41) is 9.73. The topological polar surface area (TPSA) is 88.1 Å². The molecule has 1 aliphatic heterocycles. The van der Waals surface area contributed by atoms with Gasteiger partial charge in [0.15, 0.2) is 0 Å². The zero-order chi connectivity index (χ0) is 13.9. The Hall–Kier alpha value is -1.51. The minimum atomic E-state index is -3.68. The third-order valence-corrected chi connectivity index (χ3v) is 4.28. The van der Waals surface area contributed by atoms with Gasteiger partial charge in [0.25, 0.3) is 0 Å². The van der Waals surface area contributed by atoms with E-state index in [4.69, 9.17) is 9.47 Å². The molecule has 0 radical (unpaired) electrons. The highest BCUT2D eigenvalue weighted by Gasteiger charge is 2.24. The molecule has 0 spiro atoms. The molecule has 0 bridgehead atoms. The number of morpholine rings is 1. The largest absolute Gasteiger partial charge is 0.506 e. The summed E-state index contributed by atoms with van der Waals surface area (Å²) in [5.74, 6) is 0.267. The summed E-state index contributed by atoms with van der Waals surface area (Å²) in [7, 11) is -2.21. The Bertz CT molecular complexity index is 540. The SMILES string of the molecule is COc1ccc(NS(=O)(=O)N2CCOCC2)c(O)c1. The Labute approximate surface area is 111 Å². The molecule has 8 heteroatoms. The van der Waals surface area contributed by atoms with Gasteiger partial charge in [-0.15, -0.1) is 0 Å². The van der Waals surface area contributed by atoms with Crippen LogP contribution in [0.2, 0.25) is 0 Å². The number of rotatable bonds is 4. The van der Waals surface area contributed by atoms with Crippen molar-refractivity contribution in [3.05, 3.63) is 18.2 Å². The van der Waals surface area contributed by atoms with E-state index in [9.17, 15) is 13.5 Å². The van der Waals surface area contributed by atoms with Crippen molar-refractivity contribution in [1.82, 2.24) is 4.31 Å². The van der Waals surface area contributed by atoms with Crippen LogP contribution in [0.3, 0.4) is 0 Å². The third kappa shape index (κ3) is 3.28. The quantitative estimate of drug-likeness (QED) is 0.783. The summed E-state index contributed by atoms with van der Waals surface area (Å²) in [4.78, 5) is 0. The van der Waals surface area contributed by atoms with Crippen LogP contribution in [0.25, 0.3) is 0 Å². The van der Waals surface area contributed by atoms with Gasteiger partial charge in [-0.2, -0.15) is 12.7 Å². The number of nitrogens with one attached hydrogen (secondary N) is 1. The van der Waals surface area contributed by atoms with Crippen LogP contribution in [0.1, 0.15) is 0 Å². The average molecular weight is 288 g/mol. The number of phenolic OH excluding ortho intramolecular Hbond substituents is 1. The lowest BCUT2D eigenvalue weighted by atomic mass is 10.3. The maximum atomic E-state index is 12.1. The smallest absolute Gasteiger partial charge is 0.301 e. The molecule has 0 amide bonds. The average Bonchev–Trinajstić information content (AvgIpc) is 2.42. The van der Waals surface area contributed by atoms with Crippen LogP contribution in [0.4, 0.5) is 5.69 Å². The van der Waals surface area contributed by atoms with E-state index in [0.717, 1.165) is 0 Å². The Balaban J connectivity index is 2.15. The van der Waals surface area contributed by atoms with E-state index in [-0.39, 0.29) is 11.4 Å². The summed E-state index contributed by atoms with van der Waals surface area (Å²) in [6.07, 6.45) is 0. The van der Waals surface area contributed by atoms with Crippen LogP contribution >= 0.6 is 0 Å². The van der Waals surface area contributed by atoms with Crippen LogP contribution in [0.15, 0.2) is 18.2 Å². The van der Waals surface area contributed by atoms with Gasteiger partial charge in [-0.1, -0.05) is 0 Å². The Morgan fingerprint density at radius 2 is 2.05 bits per heavy atom. The molecule has 0 atom stereocenters. The molecule has 0 aromatic heterocycles. The van der Waals surface area contributed by atoms with Crippen molar-refractivity contribution in [2.45, 2.75) is 0 Å². The van der Waals surface area contributed by atoms with Crippen molar-refractivity contribution in [2.75, 3.05) is 38.1 Å². The molecule has 1 aliphatic rings. The molecule has 1 aromatic rings. The predicted molar refractivity (Wildman–Crippen MR) is 69.6 cm³/mol. The second-order valence-electron chi connectivity index (χ2n) is 4.00. The zero-order valence-electron chi connectivity index (χ0n) is 10.5. The summed E-state index contributed by atoms with van der Waals surface area (Å²) in [6, 6.07) is 4.36. The van der Waals surface area contributed by atoms with Crippen molar-refractivity contribution in [3.8, 4) is 11.5 Å². The van der Waals surface area contributed by atoms with E-state index in [0.29, 0.717) is 32.1 Å². The highest BCUT2D eigenvalue weighted by atomic mass is 32.2. The number of aromatic hydroxyl groups is 1. The molecule has 2 N–H and O–H groups in total. The third-order valence-electron chi connectivity index (χ3n) is 2.75. The van der Waals surface area contributed by atoms with Crippen molar-refractivity contribution in [2.24, 2.45) is 0 Å². The Morgan fingerprint density at radius 1 is 1.37 bits per heavy atom. The number of nitrogens with zero attached hydrogens (tertiary/aromatic N) is 1. The van der Waals surface area contributed by atoms with E-state index >= 15 is 0 Å². The molecule has 19 heavy (non-hydrogen) atoms. The molecule has 0 aliphatic carbocycles. The van der Waals surface area contributed by atoms with Crippen molar-refractivity contribution >= 4 is 15.9 Å². The summed E-state index contributed by atoms with van der Waals surface area (Å²) < 4.78 is 37.8. The predicted octanol–water partition coefficient (Wildman–Crippen LogP) is 0.390. The molecule has 0 unspecified atom stereocenters. The zero-order valence-corrected chi connectivity index (χ0v) is 11.3. The molecule has 0 saturated carbocycles. The lowest BCUT2D eigenvalue weighted by molar-refractivity contribution is 0.0733. The standard InChI is InChI=1S/C11H16N2O5S/c1-17-9-2-3-10(11(14)8-9)12-19(15,16)13-4-6-18-7-5-13/h2-3,8,12,14H,4-7H2,1H3. The first-order valence-electron chi connectivity index (χ1n) is 5.75. The minimum Gasteiger partial charge on any atom is -0.506 e. The summed E-state index contributed by atoms with van der Waals surface area (Å²) in [5.41, 5.74) is 0.118. The first kappa shape index (κ1) is 13.9. The molecule has 2 rings (SSSR count). The minimum absolute atomic E-state index is 0.118. The molecule has 7 nitrogen and oxygen atoms in total. The monoisotopic (exact) mass is 288 g/mol. The Morgan fingerprint density at radius 3 is 2.63 bits per heavy atom. The maximum absolute atomic E-state index is 12.1. The fourth-order valence-corrected chi connectivity index (χ4v) is 2.92. The molecule has 1 saturated heterocycles. The van der Waals surface area contributed by atoms with Crippen LogP contribution in [-0.4, -0.2) is 51.2 Å². The number of hydrogen-bond donors (Lipinski definition) is 2. The van der Waals surface area contributed by atoms with Crippen molar-refractivity contribution in [1.29, 1.82) is 0 Å². The molecule has 106 valence electrons. The van der Waals surface area contributed by atoms with Gasteiger partial charge in [-0.25, -0.2) is 0 Å². The van der Waals surface area contributed by atoms with Crippen molar-refractivity contribution < 1.29 is 23.0 Å². The van der Waals surface area contributed by atoms with Gasteiger partial charge in [0.05, 0.1) is 26.0 Å². The summed E-state index contributed by atoms with van der Waals surface area (Å²) >= 11 is 0. The molecule has 1 fully saturated rings. The van der Waals surface area contributed by atoms with E-state index in [2.05, 4.69) is 4.72 Å². The maximum Gasteiger partial charge on any atom is 0.301 e. The van der Waals surface area contributed by atoms with Crippen LogP contribution in [-0.2, 0) is 14.9 Å². The fourth-order valence-electron chi connectivity index (χ4n) is 1.72. The summed E-state index contributed by atoms with van der Waals surface area (Å²) in [6.45, 7) is 1.34. The van der Waals surface area contributed by atoms with Gasteiger partial charge in [0, 0.05) is 19.2 Å². The van der Waals surface area contributed by atoms with E-state index in [1.165, 1.54) is 23.5 Å². The highest BCUT2D eigenvalue weighted by molar-refractivity contribution is 7.90. The van der Waals surface area contributed by atoms with Crippen LogP contribution in [0, 0.1) is 0 Å². The number of phenols is 1. The van der Waals surface area contributed by atoms with E-state index in [1.54, 1.807) is 6.07 Å². The van der Waals surface area contributed by atoms with E-state index < -0.39 is 10.2 Å². The highest BCUT2D eigenvalue weighted by Crippen LogP contribution is 2.29. The van der Waals surface area contributed by atoms with Gasteiger partial charge < -0.3 is 14.6 Å². The van der Waals surface area contributed by atoms with Gasteiger partial charge in [0.2, 0.25) is 0 Å². The first-order chi connectivity index (χ1) is 9.03. The van der Waals surface area contributed by atoms with Gasteiger partial charge in [-0.05, 0) is 12.1 Å². The molecular formula is C11H16N2O5S. The normalized spacial score (nSPS) is 17.1. The number of benzene rings is 1. The second kappa shape index (κ2) is 5.64. The van der Waals surface area contributed by atoms with Gasteiger partial charge in [-0.3, -0.25) is 4.72 Å². The number of ether oxygens (including phenoxy) is 2. The van der Waals surface area contributed by atoms with Gasteiger partial charge in [0.1, 0.15) is 11.5 Å². The number of methoxy groups -OCH3 is 1. The molecule has 1 heterocycles. The molecule has 1 aromatic carbocycles. The fraction of sp³-hybridized carbons (Fsp3) is 0.455. The number of anilines is 1. The second-order valence-corrected chi connectivity index (χ2v) is 5.67. The van der Waals surface area contributed by atoms with Gasteiger partial charge >= 0.3 is 10.2 Å². The lowest BCUT2D eigenvalue weighted by Gasteiger charge is -2.26. The first-order valence-corrected chi connectivity index (χ1v) is 7.19.